The standard InChI is InChI=1S/C12H15N5O3/c1-5-4-8(10(13-5)11(18)19)14-12(20)15-9-6(2)16-17-7(9)3/h4,13H,1-3H3,(H,16,17)(H,18,19)(H2,14,15,20). The van der Waals surface area contributed by atoms with Crippen LogP contribution in [0, 0.1) is 20.8 Å². The van der Waals surface area contributed by atoms with Gasteiger partial charge in [0.05, 0.1) is 22.8 Å². The molecule has 8 heteroatoms. The summed E-state index contributed by atoms with van der Waals surface area (Å²) in [5.41, 5.74) is 2.76. The molecule has 0 aliphatic rings. The van der Waals surface area contributed by atoms with Crippen LogP contribution in [0.5, 0.6) is 0 Å². The Kier molecular flexibility index (Phi) is 3.47. The minimum Gasteiger partial charge on any atom is -0.477 e. The number of amides is 2. The maximum absolute atomic E-state index is 11.9. The Morgan fingerprint density at radius 3 is 2.50 bits per heavy atom. The van der Waals surface area contributed by atoms with E-state index in [2.05, 4.69) is 25.8 Å². The highest BCUT2D eigenvalue weighted by molar-refractivity contribution is 6.04. The lowest BCUT2D eigenvalue weighted by Crippen LogP contribution is -2.21. The number of aromatic amines is 2. The lowest BCUT2D eigenvalue weighted by Gasteiger charge is -2.07. The Morgan fingerprint density at radius 1 is 1.25 bits per heavy atom. The summed E-state index contributed by atoms with van der Waals surface area (Å²) in [6.45, 7) is 5.24. The second-order valence-electron chi connectivity index (χ2n) is 4.43. The van der Waals surface area contributed by atoms with Gasteiger partial charge in [-0.25, -0.2) is 9.59 Å². The quantitative estimate of drug-likeness (QED) is 0.588. The number of aromatic nitrogens is 3. The number of hydrogen-bond donors (Lipinski definition) is 5. The van der Waals surface area contributed by atoms with Gasteiger partial charge in [-0.2, -0.15) is 5.10 Å². The molecule has 2 amide bonds. The maximum Gasteiger partial charge on any atom is 0.354 e. The maximum atomic E-state index is 11.9. The highest BCUT2D eigenvalue weighted by Crippen LogP contribution is 2.19. The van der Waals surface area contributed by atoms with Gasteiger partial charge in [-0.1, -0.05) is 0 Å². The largest absolute Gasteiger partial charge is 0.477 e. The molecule has 0 fully saturated rings. The third-order valence-electron chi connectivity index (χ3n) is 2.78. The van der Waals surface area contributed by atoms with Crippen molar-refractivity contribution in [3.05, 3.63) is 28.8 Å². The van der Waals surface area contributed by atoms with Crippen LogP contribution in [-0.4, -0.2) is 32.3 Å². The zero-order valence-electron chi connectivity index (χ0n) is 11.3. The normalized spacial score (nSPS) is 10.3. The van der Waals surface area contributed by atoms with E-state index in [-0.39, 0.29) is 11.4 Å². The van der Waals surface area contributed by atoms with Crippen molar-refractivity contribution in [2.24, 2.45) is 0 Å². The van der Waals surface area contributed by atoms with Crippen molar-refractivity contribution in [3.63, 3.8) is 0 Å². The van der Waals surface area contributed by atoms with Gasteiger partial charge in [0.25, 0.3) is 0 Å². The average molecular weight is 277 g/mol. The molecule has 2 aromatic heterocycles. The Hall–Kier alpha value is -2.77. The van der Waals surface area contributed by atoms with E-state index in [4.69, 9.17) is 5.11 Å². The molecule has 2 aromatic rings. The first-order valence-electron chi connectivity index (χ1n) is 5.91. The summed E-state index contributed by atoms with van der Waals surface area (Å²) < 4.78 is 0. The first-order chi connectivity index (χ1) is 9.38. The molecule has 0 aliphatic carbocycles. The van der Waals surface area contributed by atoms with Gasteiger partial charge >= 0.3 is 12.0 Å². The van der Waals surface area contributed by atoms with Crippen LogP contribution in [0.25, 0.3) is 0 Å². The third kappa shape index (κ3) is 2.63. The van der Waals surface area contributed by atoms with E-state index in [1.807, 2.05) is 0 Å². The number of carbonyl (C=O) groups excluding carboxylic acids is 1. The predicted octanol–water partition coefficient (Wildman–Crippen LogP) is 2.01. The molecule has 5 N–H and O–H groups in total. The number of nitrogens with one attached hydrogen (secondary N) is 4. The minimum atomic E-state index is -1.14. The van der Waals surface area contributed by atoms with Crippen LogP contribution in [0.4, 0.5) is 16.2 Å². The molecule has 0 aromatic carbocycles. The molecular formula is C12H15N5O3. The van der Waals surface area contributed by atoms with Gasteiger partial charge in [0.1, 0.15) is 5.69 Å². The number of aromatic carboxylic acids is 1. The van der Waals surface area contributed by atoms with Crippen molar-refractivity contribution >= 4 is 23.4 Å². The van der Waals surface area contributed by atoms with Gasteiger partial charge in [-0.05, 0) is 26.8 Å². The van der Waals surface area contributed by atoms with Gasteiger partial charge in [0.15, 0.2) is 0 Å². The summed E-state index contributed by atoms with van der Waals surface area (Å²) in [5.74, 6) is -1.14. The molecule has 20 heavy (non-hydrogen) atoms. The van der Waals surface area contributed by atoms with Crippen LogP contribution in [0.15, 0.2) is 6.07 Å². The number of rotatable bonds is 3. The molecule has 0 unspecified atom stereocenters. The fourth-order valence-electron chi connectivity index (χ4n) is 1.86. The SMILES string of the molecule is Cc1cc(NC(=O)Nc2c(C)n[nH]c2C)c(C(=O)O)[nH]1. The predicted molar refractivity (Wildman–Crippen MR) is 73.2 cm³/mol. The van der Waals surface area contributed by atoms with Crippen LogP contribution in [0.2, 0.25) is 0 Å². The number of H-pyrrole nitrogens is 2. The molecule has 2 heterocycles. The second kappa shape index (κ2) is 5.08. The average Bonchev–Trinajstić information content (AvgIpc) is 2.86. The smallest absolute Gasteiger partial charge is 0.354 e. The molecule has 0 saturated carbocycles. The zero-order valence-corrected chi connectivity index (χ0v) is 11.3. The van der Waals surface area contributed by atoms with Crippen molar-refractivity contribution in [3.8, 4) is 0 Å². The zero-order chi connectivity index (χ0) is 14.9. The minimum absolute atomic E-state index is 0.0571. The Morgan fingerprint density at radius 2 is 1.95 bits per heavy atom. The number of carbonyl (C=O) groups is 2. The molecule has 0 atom stereocenters. The van der Waals surface area contributed by atoms with E-state index in [1.54, 1.807) is 26.8 Å². The molecular weight excluding hydrogens is 262 g/mol. The molecule has 106 valence electrons. The Bertz CT molecular complexity index is 651. The van der Waals surface area contributed by atoms with Crippen molar-refractivity contribution < 1.29 is 14.7 Å². The van der Waals surface area contributed by atoms with Gasteiger partial charge in [-0.3, -0.25) is 5.10 Å². The van der Waals surface area contributed by atoms with Crippen molar-refractivity contribution in [1.29, 1.82) is 0 Å². The van der Waals surface area contributed by atoms with E-state index in [9.17, 15) is 9.59 Å². The van der Waals surface area contributed by atoms with E-state index in [0.29, 0.717) is 17.1 Å². The van der Waals surface area contributed by atoms with Gasteiger partial charge in [0, 0.05) is 5.69 Å². The van der Waals surface area contributed by atoms with E-state index in [0.717, 1.165) is 5.69 Å². The lowest BCUT2D eigenvalue weighted by atomic mass is 10.3. The van der Waals surface area contributed by atoms with Gasteiger partial charge in [-0.15, -0.1) is 0 Å². The fourth-order valence-corrected chi connectivity index (χ4v) is 1.86. The van der Waals surface area contributed by atoms with E-state index < -0.39 is 12.0 Å². The monoisotopic (exact) mass is 277 g/mol. The Balaban J connectivity index is 2.15. The highest BCUT2D eigenvalue weighted by Gasteiger charge is 2.16. The molecule has 2 rings (SSSR count). The van der Waals surface area contributed by atoms with Crippen LogP contribution < -0.4 is 10.6 Å². The van der Waals surface area contributed by atoms with Crippen LogP contribution in [0.3, 0.4) is 0 Å². The lowest BCUT2D eigenvalue weighted by molar-refractivity contribution is 0.0692. The van der Waals surface area contributed by atoms with Gasteiger partial charge < -0.3 is 20.7 Å². The summed E-state index contributed by atoms with van der Waals surface area (Å²) >= 11 is 0. The number of nitrogens with zero attached hydrogens (tertiary/aromatic N) is 1. The summed E-state index contributed by atoms with van der Waals surface area (Å²) in [7, 11) is 0. The molecule has 8 nitrogen and oxygen atoms in total. The summed E-state index contributed by atoms with van der Waals surface area (Å²) in [6.07, 6.45) is 0. The third-order valence-corrected chi connectivity index (χ3v) is 2.78. The number of anilines is 2. The number of carboxylic acid groups (broad SMARTS) is 1. The second-order valence-corrected chi connectivity index (χ2v) is 4.43. The number of carboxylic acids is 1. The fraction of sp³-hybridized carbons (Fsp3) is 0.250. The van der Waals surface area contributed by atoms with E-state index >= 15 is 0 Å². The molecule has 0 radical (unpaired) electrons. The van der Waals surface area contributed by atoms with Crippen LogP contribution >= 0.6 is 0 Å². The Labute approximate surface area is 114 Å². The first-order valence-corrected chi connectivity index (χ1v) is 5.91. The number of urea groups is 1. The summed E-state index contributed by atoms with van der Waals surface area (Å²) in [5, 5.41) is 20.9. The van der Waals surface area contributed by atoms with E-state index in [1.165, 1.54) is 0 Å². The topological polar surface area (TPSA) is 123 Å². The summed E-state index contributed by atoms with van der Waals surface area (Å²) in [4.78, 5) is 25.6. The summed E-state index contributed by atoms with van der Waals surface area (Å²) in [6, 6.07) is 1.03. The molecule has 0 aliphatic heterocycles. The van der Waals surface area contributed by atoms with Crippen molar-refractivity contribution in [2.45, 2.75) is 20.8 Å². The first kappa shape index (κ1) is 13.7. The number of aryl methyl sites for hydroxylation is 3. The van der Waals surface area contributed by atoms with Crippen LogP contribution in [-0.2, 0) is 0 Å². The van der Waals surface area contributed by atoms with Crippen LogP contribution in [0.1, 0.15) is 27.6 Å². The van der Waals surface area contributed by atoms with Crippen molar-refractivity contribution in [2.75, 3.05) is 10.6 Å². The molecule has 0 bridgehead atoms. The van der Waals surface area contributed by atoms with Crippen molar-refractivity contribution in [1.82, 2.24) is 15.2 Å². The molecule has 0 spiro atoms. The highest BCUT2D eigenvalue weighted by atomic mass is 16.4. The number of hydrogen-bond acceptors (Lipinski definition) is 3. The van der Waals surface area contributed by atoms with Gasteiger partial charge in [0.2, 0.25) is 0 Å². The molecule has 0 saturated heterocycles.